The monoisotopic (exact) mass is 266 g/mol. The average Bonchev–Trinajstić information content (AvgIpc) is 2.96. The van der Waals surface area contributed by atoms with Gasteiger partial charge in [0.1, 0.15) is 11.3 Å². The first-order valence-corrected chi connectivity index (χ1v) is 6.24. The van der Waals surface area contributed by atoms with Crippen molar-refractivity contribution in [2.45, 2.75) is 32.0 Å². The summed E-state index contributed by atoms with van der Waals surface area (Å²) in [6, 6.07) is 1.50. The highest BCUT2D eigenvalue weighted by molar-refractivity contribution is 5.99. The number of nitrogens with one attached hydrogen (secondary N) is 2. The van der Waals surface area contributed by atoms with E-state index in [1.165, 1.54) is 19.2 Å². The van der Waals surface area contributed by atoms with Crippen molar-refractivity contribution in [1.29, 1.82) is 0 Å². The van der Waals surface area contributed by atoms with Crippen LogP contribution in [0.3, 0.4) is 0 Å². The maximum Gasteiger partial charge on any atom is 0.267 e. The fourth-order valence-corrected chi connectivity index (χ4v) is 2.06. The summed E-state index contributed by atoms with van der Waals surface area (Å²) >= 11 is 0. The van der Waals surface area contributed by atoms with Crippen molar-refractivity contribution in [2.24, 2.45) is 0 Å². The van der Waals surface area contributed by atoms with E-state index in [1.807, 2.05) is 0 Å². The molecule has 104 valence electrons. The van der Waals surface area contributed by atoms with Gasteiger partial charge in [0.2, 0.25) is 0 Å². The number of rotatable bonds is 4. The quantitative estimate of drug-likeness (QED) is 0.691. The lowest BCUT2D eigenvalue weighted by atomic mass is 9.97. The molecule has 2 atom stereocenters. The molecule has 1 saturated heterocycles. The molecule has 19 heavy (non-hydrogen) atoms. The molecule has 1 aliphatic rings. The number of Topliss-reactive ketones (excluding diaryl/α,β-unsaturated/α-hetero) is 1. The summed E-state index contributed by atoms with van der Waals surface area (Å²) in [6.07, 6.45) is 1.69. The minimum Gasteiger partial charge on any atom is -0.385 e. The normalized spacial score (nSPS) is 26.4. The van der Waals surface area contributed by atoms with E-state index in [9.17, 15) is 14.7 Å². The molecule has 0 aliphatic carbocycles. The van der Waals surface area contributed by atoms with Crippen LogP contribution in [0.2, 0.25) is 0 Å². The summed E-state index contributed by atoms with van der Waals surface area (Å²) in [5, 5.41) is 12.9. The Labute approximate surface area is 111 Å². The van der Waals surface area contributed by atoms with E-state index < -0.39 is 5.60 Å². The lowest BCUT2D eigenvalue weighted by Gasteiger charge is -2.25. The van der Waals surface area contributed by atoms with Crippen LogP contribution in [0.4, 0.5) is 0 Å². The SMILES string of the molecule is CC(=O)c1c[nH]c(C(=O)NCC2(O)CCOC2C)c1. The molecule has 0 bridgehead atoms. The van der Waals surface area contributed by atoms with E-state index in [-0.39, 0.29) is 24.3 Å². The highest BCUT2D eigenvalue weighted by Crippen LogP contribution is 2.24. The lowest BCUT2D eigenvalue weighted by molar-refractivity contribution is -0.0252. The number of carbonyl (C=O) groups excluding carboxylic acids is 2. The first kappa shape index (κ1) is 13.8. The van der Waals surface area contributed by atoms with Crippen LogP contribution in [0, 0.1) is 0 Å². The summed E-state index contributed by atoms with van der Waals surface area (Å²) in [7, 11) is 0. The standard InChI is InChI=1S/C13H18N2O4/c1-8(16)10-5-11(14-6-10)12(17)15-7-13(18)3-4-19-9(13)2/h5-6,9,14,18H,3-4,7H2,1-2H3,(H,15,17). The van der Waals surface area contributed by atoms with E-state index in [4.69, 9.17) is 4.74 Å². The Morgan fingerprint density at radius 3 is 2.89 bits per heavy atom. The number of aliphatic hydroxyl groups is 1. The Hall–Kier alpha value is -1.66. The molecule has 2 rings (SSSR count). The van der Waals surface area contributed by atoms with Crippen LogP contribution in [0.1, 0.15) is 41.1 Å². The van der Waals surface area contributed by atoms with Gasteiger partial charge in [-0.1, -0.05) is 0 Å². The minimum atomic E-state index is -1.02. The summed E-state index contributed by atoms with van der Waals surface area (Å²) < 4.78 is 5.29. The smallest absolute Gasteiger partial charge is 0.267 e. The Balaban J connectivity index is 1.95. The number of ether oxygens (including phenoxy) is 1. The number of hydrogen-bond donors (Lipinski definition) is 3. The molecule has 0 radical (unpaired) electrons. The second-order valence-corrected chi connectivity index (χ2v) is 4.91. The maximum absolute atomic E-state index is 11.9. The number of ketones is 1. The van der Waals surface area contributed by atoms with Gasteiger partial charge >= 0.3 is 0 Å². The van der Waals surface area contributed by atoms with Crippen LogP contribution >= 0.6 is 0 Å². The summed E-state index contributed by atoms with van der Waals surface area (Å²) in [5.41, 5.74) is -0.257. The zero-order valence-electron chi connectivity index (χ0n) is 11.0. The highest BCUT2D eigenvalue weighted by atomic mass is 16.5. The Morgan fingerprint density at radius 2 is 2.37 bits per heavy atom. The van der Waals surface area contributed by atoms with Crippen LogP contribution in [-0.4, -0.2) is 46.6 Å². The molecule has 1 aromatic heterocycles. The van der Waals surface area contributed by atoms with Gasteiger partial charge in [-0.3, -0.25) is 9.59 Å². The first-order valence-electron chi connectivity index (χ1n) is 6.24. The average molecular weight is 266 g/mol. The van der Waals surface area contributed by atoms with E-state index in [0.717, 1.165) is 0 Å². The van der Waals surface area contributed by atoms with Gasteiger partial charge in [0.15, 0.2) is 5.78 Å². The fraction of sp³-hybridized carbons (Fsp3) is 0.538. The zero-order valence-corrected chi connectivity index (χ0v) is 11.0. The molecule has 6 nitrogen and oxygen atoms in total. The molecular weight excluding hydrogens is 248 g/mol. The first-order chi connectivity index (χ1) is 8.92. The molecule has 0 saturated carbocycles. The summed E-state index contributed by atoms with van der Waals surface area (Å²) in [5.74, 6) is -0.452. The van der Waals surface area contributed by atoms with Gasteiger partial charge in [-0.05, 0) is 19.9 Å². The number of amides is 1. The fourth-order valence-electron chi connectivity index (χ4n) is 2.06. The Kier molecular flexibility index (Phi) is 3.73. The van der Waals surface area contributed by atoms with Crippen molar-refractivity contribution >= 4 is 11.7 Å². The Bertz CT molecular complexity index is 497. The van der Waals surface area contributed by atoms with Crippen molar-refractivity contribution in [2.75, 3.05) is 13.2 Å². The number of hydrogen-bond acceptors (Lipinski definition) is 4. The van der Waals surface area contributed by atoms with Crippen LogP contribution < -0.4 is 5.32 Å². The van der Waals surface area contributed by atoms with Crippen LogP contribution in [0.15, 0.2) is 12.3 Å². The maximum atomic E-state index is 11.9. The molecule has 3 N–H and O–H groups in total. The second kappa shape index (κ2) is 5.14. The highest BCUT2D eigenvalue weighted by Gasteiger charge is 2.39. The van der Waals surface area contributed by atoms with Gasteiger partial charge in [0.05, 0.1) is 6.10 Å². The van der Waals surface area contributed by atoms with Crippen molar-refractivity contribution in [3.63, 3.8) is 0 Å². The van der Waals surface area contributed by atoms with Crippen LogP contribution in [0.5, 0.6) is 0 Å². The van der Waals surface area contributed by atoms with Gasteiger partial charge in [-0.25, -0.2) is 0 Å². The summed E-state index contributed by atoms with van der Waals surface area (Å²) in [6.45, 7) is 3.83. The molecule has 2 unspecified atom stereocenters. The third-order valence-corrected chi connectivity index (χ3v) is 3.55. The second-order valence-electron chi connectivity index (χ2n) is 4.91. The Morgan fingerprint density at radius 1 is 1.63 bits per heavy atom. The van der Waals surface area contributed by atoms with Gasteiger partial charge in [-0.15, -0.1) is 0 Å². The van der Waals surface area contributed by atoms with E-state index in [0.29, 0.717) is 24.3 Å². The lowest BCUT2D eigenvalue weighted by Crippen LogP contribution is -2.47. The molecule has 2 heterocycles. The van der Waals surface area contributed by atoms with Gasteiger partial charge in [0, 0.05) is 31.3 Å². The predicted octanol–water partition coefficient (Wildman–Crippen LogP) is 0.487. The van der Waals surface area contributed by atoms with E-state index in [1.54, 1.807) is 6.92 Å². The molecule has 0 spiro atoms. The van der Waals surface area contributed by atoms with Crippen molar-refractivity contribution < 1.29 is 19.4 Å². The number of aromatic nitrogens is 1. The molecule has 6 heteroatoms. The number of H-pyrrole nitrogens is 1. The third-order valence-electron chi connectivity index (χ3n) is 3.55. The topological polar surface area (TPSA) is 91.4 Å². The van der Waals surface area contributed by atoms with Gasteiger partial charge < -0.3 is 20.1 Å². The van der Waals surface area contributed by atoms with Crippen molar-refractivity contribution in [3.8, 4) is 0 Å². The molecular formula is C13H18N2O4. The molecule has 1 aliphatic heterocycles. The van der Waals surface area contributed by atoms with Gasteiger partial charge in [0.25, 0.3) is 5.91 Å². The summed E-state index contributed by atoms with van der Waals surface area (Å²) in [4.78, 5) is 25.8. The van der Waals surface area contributed by atoms with E-state index >= 15 is 0 Å². The van der Waals surface area contributed by atoms with Gasteiger partial charge in [-0.2, -0.15) is 0 Å². The van der Waals surface area contributed by atoms with Crippen molar-refractivity contribution in [1.82, 2.24) is 10.3 Å². The van der Waals surface area contributed by atoms with E-state index in [2.05, 4.69) is 10.3 Å². The molecule has 1 fully saturated rings. The zero-order chi connectivity index (χ0) is 14.0. The van der Waals surface area contributed by atoms with Crippen LogP contribution in [0.25, 0.3) is 0 Å². The number of aromatic amines is 1. The third kappa shape index (κ3) is 2.85. The molecule has 0 aromatic carbocycles. The largest absolute Gasteiger partial charge is 0.385 e. The molecule has 1 aromatic rings. The van der Waals surface area contributed by atoms with Crippen molar-refractivity contribution in [3.05, 3.63) is 23.5 Å². The minimum absolute atomic E-state index is 0.105. The van der Waals surface area contributed by atoms with Crippen LogP contribution in [-0.2, 0) is 4.74 Å². The number of carbonyl (C=O) groups is 2. The molecule has 1 amide bonds. The predicted molar refractivity (Wildman–Crippen MR) is 68.1 cm³/mol.